The van der Waals surface area contributed by atoms with Gasteiger partial charge in [0.1, 0.15) is 10.9 Å². The maximum absolute atomic E-state index is 4.55. The summed E-state index contributed by atoms with van der Waals surface area (Å²) in [6.45, 7) is 4.21. The fraction of sp³-hybridized carbons (Fsp3) is 0.286. The summed E-state index contributed by atoms with van der Waals surface area (Å²) in [5.41, 5.74) is 1.12. The van der Waals surface area contributed by atoms with Gasteiger partial charge in [-0.2, -0.15) is 0 Å². The molecule has 0 N–H and O–H groups in total. The molecule has 17 heavy (non-hydrogen) atoms. The molecule has 0 atom stereocenters. The standard InChI is InChI=1S/C14H16N2S/c1-3-11-10-14(16-13(4-2)15-11)17-12-8-6-5-7-9-12/h5-10H,3-4H2,1-2H3. The van der Waals surface area contributed by atoms with Crippen LogP contribution < -0.4 is 0 Å². The molecule has 0 aliphatic heterocycles. The number of nitrogens with zero attached hydrogens (tertiary/aromatic N) is 2. The average molecular weight is 244 g/mol. The van der Waals surface area contributed by atoms with Crippen LogP contribution in [0.25, 0.3) is 0 Å². The number of aromatic nitrogens is 2. The Bertz CT molecular complexity index is 461. The Balaban J connectivity index is 2.26. The third-order valence-corrected chi connectivity index (χ3v) is 3.37. The van der Waals surface area contributed by atoms with Gasteiger partial charge in [-0.25, -0.2) is 9.97 Å². The van der Waals surface area contributed by atoms with E-state index in [0.717, 1.165) is 29.4 Å². The lowest BCUT2D eigenvalue weighted by atomic mass is 10.3. The van der Waals surface area contributed by atoms with Crippen LogP contribution in [0.1, 0.15) is 25.4 Å². The van der Waals surface area contributed by atoms with Gasteiger partial charge in [0.25, 0.3) is 0 Å². The minimum atomic E-state index is 0.885. The predicted octanol–water partition coefficient (Wildman–Crippen LogP) is 3.75. The molecular weight excluding hydrogens is 228 g/mol. The van der Waals surface area contributed by atoms with Gasteiger partial charge in [-0.15, -0.1) is 0 Å². The first kappa shape index (κ1) is 12.1. The van der Waals surface area contributed by atoms with Crippen LogP contribution in [-0.2, 0) is 12.8 Å². The molecule has 0 unspecified atom stereocenters. The second-order valence-corrected chi connectivity index (χ2v) is 4.83. The van der Waals surface area contributed by atoms with Crippen molar-refractivity contribution in [1.29, 1.82) is 0 Å². The molecule has 2 aromatic rings. The molecule has 3 heteroatoms. The van der Waals surface area contributed by atoms with Crippen LogP contribution in [-0.4, -0.2) is 9.97 Å². The zero-order chi connectivity index (χ0) is 12.1. The van der Waals surface area contributed by atoms with E-state index in [1.54, 1.807) is 11.8 Å². The molecule has 2 rings (SSSR count). The first-order valence-electron chi connectivity index (χ1n) is 5.91. The van der Waals surface area contributed by atoms with Gasteiger partial charge in [0.05, 0.1) is 0 Å². The van der Waals surface area contributed by atoms with E-state index < -0.39 is 0 Å². The van der Waals surface area contributed by atoms with Crippen molar-refractivity contribution in [3.05, 3.63) is 47.9 Å². The van der Waals surface area contributed by atoms with E-state index in [1.165, 1.54) is 4.90 Å². The summed E-state index contributed by atoms with van der Waals surface area (Å²) < 4.78 is 0. The Hall–Kier alpha value is -1.35. The fourth-order valence-corrected chi connectivity index (χ4v) is 2.41. The predicted molar refractivity (Wildman–Crippen MR) is 71.4 cm³/mol. The monoisotopic (exact) mass is 244 g/mol. The summed E-state index contributed by atoms with van der Waals surface area (Å²) in [5, 5.41) is 1.04. The normalized spacial score (nSPS) is 10.5. The molecule has 88 valence electrons. The largest absolute Gasteiger partial charge is 0.238 e. The van der Waals surface area contributed by atoms with E-state index in [9.17, 15) is 0 Å². The average Bonchev–Trinajstić information content (AvgIpc) is 2.39. The van der Waals surface area contributed by atoms with Crippen molar-refractivity contribution in [1.82, 2.24) is 9.97 Å². The van der Waals surface area contributed by atoms with Crippen LogP contribution in [0.15, 0.2) is 46.3 Å². The number of hydrogen-bond donors (Lipinski definition) is 0. The summed E-state index contributed by atoms with van der Waals surface area (Å²) in [7, 11) is 0. The molecule has 0 saturated heterocycles. The van der Waals surface area contributed by atoms with Gasteiger partial charge in [-0.3, -0.25) is 0 Å². The second kappa shape index (κ2) is 5.82. The van der Waals surface area contributed by atoms with Crippen LogP contribution >= 0.6 is 11.8 Å². The van der Waals surface area contributed by atoms with E-state index in [2.05, 4.69) is 42.0 Å². The highest BCUT2D eigenvalue weighted by atomic mass is 32.2. The maximum atomic E-state index is 4.55. The third kappa shape index (κ3) is 3.30. The molecule has 2 nitrogen and oxygen atoms in total. The molecule has 0 bridgehead atoms. The Labute approximate surface area is 107 Å². The molecule has 0 saturated carbocycles. The lowest BCUT2D eigenvalue weighted by Crippen LogP contribution is -1.98. The number of aryl methyl sites for hydroxylation is 2. The zero-order valence-corrected chi connectivity index (χ0v) is 11.0. The van der Waals surface area contributed by atoms with Crippen LogP contribution in [0.4, 0.5) is 0 Å². The molecule has 1 aromatic carbocycles. The lowest BCUT2D eigenvalue weighted by molar-refractivity contribution is 0.844. The van der Waals surface area contributed by atoms with Crippen molar-refractivity contribution in [3.8, 4) is 0 Å². The molecule has 0 aliphatic rings. The van der Waals surface area contributed by atoms with Gasteiger partial charge in [-0.1, -0.05) is 43.8 Å². The minimum absolute atomic E-state index is 0.885. The highest BCUT2D eigenvalue weighted by Crippen LogP contribution is 2.26. The zero-order valence-electron chi connectivity index (χ0n) is 10.2. The Morgan fingerprint density at radius 1 is 1.00 bits per heavy atom. The minimum Gasteiger partial charge on any atom is -0.238 e. The van der Waals surface area contributed by atoms with Gasteiger partial charge < -0.3 is 0 Å². The van der Waals surface area contributed by atoms with Crippen molar-refractivity contribution in [2.45, 2.75) is 36.6 Å². The Morgan fingerprint density at radius 2 is 1.76 bits per heavy atom. The van der Waals surface area contributed by atoms with Crippen LogP contribution in [0.3, 0.4) is 0 Å². The fourth-order valence-electron chi connectivity index (χ4n) is 1.53. The molecule has 0 amide bonds. The van der Waals surface area contributed by atoms with Gasteiger partial charge in [0.2, 0.25) is 0 Å². The van der Waals surface area contributed by atoms with Gasteiger partial charge in [0.15, 0.2) is 0 Å². The number of benzene rings is 1. The smallest absolute Gasteiger partial charge is 0.129 e. The van der Waals surface area contributed by atoms with Crippen LogP contribution in [0.5, 0.6) is 0 Å². The summed E-state index contributed by atoms with van der Waals surface area (Å²) in [5.74, 6) is 0.933. The molecule has 1 heterocycles. The van der Waals surface area contributed by atoms with Crippen LogP contribution in [0.2, 0.25) is 0 Å². The topological polar surface area (TPSA) is 25.8 Å². The van der Waals surface area contributed by atoms with Crippen molar-refractivity contribution < 1.29 is 0 Å². The summed E-state index contributed by atoms with van der Waals surface area (Å²) in [6, 6.07) is 12.4. The SMILES string of the molecule is CCc1cc(Sc2ccccc2)nc(CC)n1. The quantitative estimate of drug-likeness (QED) is 0.766. The van der Waals surface area contributed by atoms with Gasteiger partial charge in [-0.05, 0) is 24.6 Å². The Morgan fingerprint density at radius 3 is 2.41 bits per heavy atom. The van der Waals surface area contributed by atoms with Crippen molar-refractivity contribution in [2.24, 2.45) is 0 Å². The molecule has 0 spiro atoms. The first-order valence-corrected chi connectivity index (χ1v) is 6.73. The molecule has 1 aromatic heterocycles. The summed E-state index contributed by atoms with van der Waals surface area (Å²) >= 11 is 1.70. The van der Waals surface area contributed by atoms with E-state index in [4.69, 9.17) is 0 Å². The highest BCUT2D eigenvalue weighted by molar-refractivity contribution is 7.99. The Kier molecular flexibility index (Phi) is 4.15. The van der Waals surface area contributed by atoms with Crippen molar-refractivity contribution in [3.63, 3.8) is 0 Å². The third-order valence-electron chi connectivity index (χ3n) is 2.45. The van der Waals surface area contributed by atoms with E-state index in [0.29, 0.717) is 0 Å². The highest BCUT2D eigenvalue weighted by Gasteiger charge is 2.04. The van der Waals surface area contributed by atoms with E-state index >= 15 is 0 Å². The lowest BCUT2D eigenvalue weighted by Gasteiger charge is -2.05. The molecule has 0 radical (unpaired) electrons. The summed E-state index contributed by atoms with van der Waals surface area (Å²) in [6.07, 6.45) is 1.84. The molecular formula is C14H16N2S. The van der Waals surface area contributed by atoms with E-state index in [1.807, 2.05) is 18.2 Å². The molecule has 0 aliphatic carbocycles. The maximum Gasteiger partial charge on any atom is 0.129 e. The van der Waals surface area contributed by atoms with Gasteiger partial charge >= 0.3 is 0 Å². The first-order chi connectivity index (χ1) is 8.31. The summed E-state index contributed by atoms with van der Waals surface area (Å²) in [4.78, 5) is 10.3. The molecule has 0 fully saturated rings. The van der Waals surface area contributed by atoms with Crippen molar-refractivity contribution >= 4 is 11.8 Å². The second-order valence-electron chi connectivity index (χ2n) is 3.74. The number of hydrogen-bond acceptors (Lipinski definition) is 3. The van der Waals surface area contributed by atoms with Gasteiger partial charge in [0, 0.05) is 17.0 Å². The van der Waals surface area contributed by atoms with Crippen molar-refractivity contribution in [2.75, 3.05) is 0 Å². The van der Waals surface area contributed by atoms with E-state index in [-0.39, 0.29) is 0 Å². The van der Waals surface area contributed by atoms with Crippen LogP contribution in [0, 0.1) is 0 Å². The number of rotatable bonds is 4.